The zero-order valence-electron chi connectivity index (χ0n) is 11.9. The fraction of sp³-hybridized carbons (Fsp3) is 0.533. The minimum Gasteiger partial charge on any atom is -0.361 e. The van der Waals surface area contributed by atoms with E-state index < -0.39 is 0 Å². The highest BCUT2D eigenvalue weighted by atomic mass is 35.5. The van der Waals surface area contributed by atoms with Crippen LogP contribution in [-0.2, 0) is 0 Å². The number of rotatable bonds is 3. The van der Waals surface area contributed by atoms with Crippen molar-refractivity contribution in [1.82, 2.24) is 9.88 Å². The van der Waals surface area contributed by atoms with E-state index in [9.17, 15) is 0 Å². The SMILES string of the molecule is CN1CCC(C)(CNc2nc3cccc(Cl)c3s2)CC1. The van der Waals surface area contributed by atoms with Gasteiger partial charge in [0.15, 0.2) is 5.13 Å². The van der Waals surface area contributed by atoms with Crippen molar-refractivity contribution in [3.8, 4) is 0 Å². The highest BCUT2D eigenvalue weighted by Gasteiger charge is 2.28. The van der Waals surface area contributed by atoms with Gasteiger partial charge in [-0.15, -0.1) is 0 Å². The lowest BCUT2D eigenvalue weighted by Crippen LogP contribution is -2.40. The highest BCUT2D eigenvalue weighted by Crippen LogP contribution is 2.34. The first-order chi connectivity index (χ1) is 9.56. The van der Waals surface area contributed by atoms with Crippen molar-refractivity contribution in [2.45, 2.75) is 19.8 Å². The van der Waals surface area contributed by atoms with Crippen LogP contribution in [0, 0.1) is 5.41 Å². The van der Waals surface area contributed by atoms with Gasteiger partial charge in [-0.05, 0) is 50.5 Å². The summed E-state index contributed by atoms with van der Waals surface area (Å²) in [4.78, 5) is 7.02. The van der Waals surface area contributed by atoms with E-state index in [1.807, 2.05) is 18.2 Å². The molecule has 1 N–H and O–H groups in total. The molecular formula is C15H20ClN3S. The number of fused-ring (bicyclic) bond motifs is 1. The molecule has 0 amide bonds. The van der Waals surface area contributed by atoms with E-state index in [1.165, 1.54) is 25.9 Å². The van der Waals surface area contributed by atoms with Gasteiger partial charge in [0, 0.05) is 6.54 Å². The van der Waals surface area contributed by atoms with Gasteiger partial charge in [0.2, 0.25) is 0 Å². The molecule has 0 bridgehead atoms. The number of benzene rings is 1. The van der Waals surface area contributed by atoms with Crippen LogP contribution in [0.15, 0.2) is 18.2 Å². The summed E-state index contributed by atoms with van der Waals surface area (Å²) in [7, 11) is 2.20. The smallest absolute Gasteiger partial charge is 0.183 e. The molecule has 108 valence electrons. The number of nitrogens with one attached hydrogen (secondary N) is 1. The summed E-state index contributed by atoms with van der Waals surface area (Å²) < 4.78 is 1.07. The Hall–Kier alpha value is -0.840. The van der Waals surface area contributed by atoms with Crippen LogP contribution in [0.1, 0.15) is 19.8 Å². The molecule has 20 heavy (non-hydrogen) atoms. The highest BCUT2D eigenvalue weighted by molar-refractivity contribution is 7.22. The Morgan fingerprint density at radius 2 is 2.15 bits per heavy atom. The molecule has 0 atom stereocenters. The molecule has 0 spiro atoms. The Bertz CT molecular complexity index is 602. The number of thiazole rings is 1. The van der Waals surface area contributed by atoms with Crippen molar-refractivity contribution >= 4 is 38.3 Å². The standard InChI is InChI=1S/C15H20ClN3S/c1-15(6-8-19(2)9-7-15)10-17-14-18-12-5-3-4-11(16)13(12)20-14/h3-5H,6-10H2,1-2H3,(H,17,18). The molecule has 0 aliphatic carbocycles. The first kappa shape index (κ1) is 14.1. The average molecular weight is 310 g/mol. The van der Waals surface area contributed by atoms with Crippen molar-refractivity contribution in [3.63, 3.8) is 0 Å². The lowest BCUT2D eigenvalue weighted by molar-refractivity contribution is 0.150. The number of anilines is 1. The number of likely N-dealkylation sites (tertiary alicyclic amines) is 1. The number of hydrogen-bond donors (Lipinski definition) is 1. The van der Waals surface area contributed by atoms with Gasteiger partial charge < -0.3 is 10.2 Å². The quantitative estimate of drug-likeness (QED) is 0.925. The third kappa shape index (κ3) is 2.92. The molecule has 2 aromatic rings. The van der Waals surface area contributed by atoms with Crippen molar-refractivity contribution < 1.29 is 0 Å². The summed E-state index contributed by atoms with van der Waals surface area (Å²) in [5.74, 6) is 0. The van der Waals surface area contributed by atoms with Crippen LogP contribution in [-0.4, -0.2) is 36.6 Å². The molecule has 1 saturated heterocycles. The third-order valence-corrected chi connectivity index (χ3v) is 5.72. The zero-order valence-corrected chi connectivity index (χ0v) is 13.5. The van der Waals surface area contributed by atoms with E-state index in [-0.39, 0.29) is 0 Å². The fourth-order valence-electron chi connectivity index (χ4n) is 2.62. The van der Waals surface area contributed by atoms with Crippen molar-refractivity contribution in [3.05, 3.63) is 23.2 Å². The van der Waals surface area contributed by atoms with Crippen LogP contribution in [0.4, 0.5) is 5.13 Å². The van der Waals surface area contributed by atoms with Gasteiger partial charge in [0.1, 0.15) is 0 Å². The van der Waals surface area contributed by atoms with Gasteiger partial charge in [0.05, 0.1) is 15.2 Å². The molecule has 1 aromatic carbocycles. The van der Waals surface area contributed by atoms with E-state index in [1.54, 1.807) is 11.3 Å². The summed E-state index contributed by atoms with van der Waals surface area (Å²) in [6.07, 6.45) is 2.48. The molecule has 5 heteroatoms. The van der Waals surface area contributed by atoms with Gasteiger partial charge in [-0.2, -0.15) is 0 Å². The normalized spacial score (nSPS) is 19.4. The van der Waals surface area contributed by atoms with Crippen LogP contribution in [0.25, 0.3) is 10.2 Å². The number of hydrogen-bond acceptors (Lipinski definition) is 4. The monoisotopic (exact) mass is 309 g/mol. The van der Waals surface area contributed by atoms with E-state index in [0.717, 1.165) is 26.9 Å². The molecule has 2 heterocycles. The molecule has 1 aliphatic heterocycles. The maximum atomic E-state index is 6.20. The Kier molecular flexibility index (Phi) is 3.89. The van der Waals surface area contributed by atoms with Crippen molar-refractivity contribution in [1.29, 1.82) is 0 Å². The Morgan fingerprint density at radius 1 is 1.40 bits per heavy atom. The second kappa shape index (κ2) is 5.51. The first-order valence-corrected chi connectivity index (χ1v) is 8.23. The molecule has 1 fully saturated rings. The second-order valence-electron chi connectivity index (χ2n) is 6.07. The predicted molar refractivity (Wildman–Crippen MR) is 88.0 cm³/mol. The van der Waals surface area contributed by atoms with Crippen molar-refractivity contribution in [2.24, 2.45) is 5.41 Å². The number of nitrogens with zero attached hydrogens (tertiary/aromatic N) is 2. The first-order valence-electron chi connectivity index (χ1n) is 7.03. The summed E-state index contributed by atoms with van der Waals surface area (Å²) >= 11 is 7.85. The van der Waals surface area contributed by atoms with E-state index in [4.69, 9.17) is 11.6 Å². The topological polar surface area (TPSA) is 28.2 Å². The summed E-state index contributed by atoms with van der Waals surface area (Å²) in [5.41, 5.74) is 1.35. The van der Waals surface area contributed by atoms with Gasteiger partial charge in [-0.1, -0.05) is 35.9 Å². The second-order valence-corrected chi connectivity index (χ2v) is 7.48. The average Bonchev–Trinajstić information content (AvgIpc) is 2.85. The van der Waals surface area contributed by atoms with Crippen LogP contribution < -0.4 is 5.32 Å². The van der Waals surface area contributed by atoms with Gasteiger partial charge in [-0.3, -0.25) is 0 Å². The largest absolute Gasteiger partial charge is 0.361 e. The van der Waals surface area contributed by atoms with Gasteiger partial charge in [-0.25, -0.2) is 4.98 Å². The lowest BCUT2D eigenvalue weighted by atomic mass is 9.80. The van der Waals surface area contributed by atoms with Crippen LogP contribution >= 0.6 is 22.9 Å². The van der Waals surface area contributed by atoms with E-state index >= 15 is 0 Å². The molecule has 0 radical (unpaired) electrons. The summed E-state index contributed by atoms with van der Waals surface area (Å²) in [6, 6.07) is 5.89. The predicted octanol–water partition coefficient (Wildman–Crippen LogP) is 4.09. The zero-order chi connectivity index (χ0) is 14.2. The minimum atomic E-state index is 0.369. The molecular weight excluding hydrogens is 290 g/mol. The van der Waals surface area contributed by atoms with Crippen molar-refractivity contribution in [2.75, 3.05) is 32.0 Å². The Morgan fingerprint density at radius 3 is 2.85 bits per heavy atom. The Balaban J connectivity index is 1.69. The maximum Gasteiger partial charge on any atom is 0.183 e. The molecule has 3 rings (SSSR count). The summed E-state index contributed by atoms with van der Waals surface area (Å²) in [6.45, 7) is 5.72. The molecule has 0 saturated carbocycles. The van der Waals surface area contributed by atoms with Gasteiger partial charge in [0.25, 0.3) is 0 Å². The minimum absolute atomic E-state index is 0.369. The Labute approximate surface area is 128 Å². The van der Waals surface area contributed by atoms with Crippen LogP contribution in [0.3, 0.4) is 0 Å². The lowest BCUT2D eigenvalue weighted by Gasteiger charge is -2.37. The number of halogens is 1. The molecule has 1 aromatic heterocycles. The third-order valence-electron chi connectivity index (χ3n) is 4.23. The van der Waals surface area contributed by atoms with Crippen LogP contribution in [0.2, 0.25) is 5.02 Å². The molecule has 1 aliphatic rings. The van der Waals surface area contributed by atoms with E-state index in [0.29, 0.717) is 5.41 Å². The summed E-state index contributed by atoms with van der Waals surface area (Å²) in [5, 5.41) is 5.29. The van der Waals surface area contributed by atoms with E-state index in [2.05, 4.69) is 29.2 Å². The maximum absolute atomic E-state index is 6.20. The number of aromatic nitrogens is 1. The van der Waals surface area contributed by atoms with Gasteiger partial charge >= 0.3 is 0 Å². The molecule has 3 nitrogen and oxygen atoms in total. The molecule has 0 unspecified atom stereocenters. The fourth-order valence-corrected chi connectivity index (χ4v) is 3.77. The van der Waals surface area contributed by atoms with Crippen LogP contribution in [0.5, 0.6) is 0 Å². The number of piperidine rings is 1.